The average Bonchev–Trinajstić information content (AvgIpc) is 2.68. The lowest BCUT2D eigenvalue weighted by molar-refractivity contribution is -0.116. The van der Waals surface area contributed by atoms with Crippen molar-refractivity contribution in [3.05, 3.63) is 53.6 Å². The molecule has 2 aromatic carbocycles. The maximum Gasteiger partial charge on any atom is 0.224 e. The number of anilines is 1. The number of carbonyl (C=O) groups is 2. The maximum absolute atomic E-state index is 12.3. The van der Waals surface area contributed by atoms with Crippen LogP contribution < -0.4 is 14.8 Å². The third-order valence-corrected chi connectivity index (χ3v) is 4.26. The van der Waals surface area contributed by atoms with Crippen molar-refractivity contribution in [3.8, 4) is 11.5 Å². The van der Waals surface area contributed by atoms with Crippen LogP contribution in [-0.4, -0.2) is 24.9 Å². The lowest BCUT2D eigenvalue weighted by Crippen LogP contribution is -2.12. The normalized spacial score (nSPS) is 10.4. The average molecular weight is 383 g/mol. The van der Waals surface area contributed by atoms with Crippen molar-refractivity contribution < 1.29 is 19.1 Å². The predicted octanol–water partition coefficient (Wildman–Crippen LogP) is 5.04. The van der Waals surface area contributed by atoms with E-state index < -0.39 is 0 Å². The van der Waals surface area contributed by atoms with Crippen LogP contribution in [0.15, 0.2) is 42.5 Å². The highest BCUT2D eigenvalue weighted by atomic mass is 16.5. The van der Waals surface area contributed by atoms with Crippen LogP contribution in [0.1, 0.15) is 56.0 Å². The summed E-state index contributed by atoms with van der Waals surface area (Å²) in [4.78, 5) is 23.7. The summed E-state index contributed by atoms with van der Waals surface area (Å²) in [6.07, 6.45) is 3.00. The van der Waals surface area contributed by atoms with Gasteiger partial charge in [-0.25, -0.2) is 0 Å². The molecule has 0 radical (unpaired) electrons. The zero-order valence-electron chi connectivity index (χ0n) is 16.9. The molecule has 2 rings (SSSR count). The SMILES string of the molecule is CCCCOc1ccc(CCC(=O)Nc2cccc(C(C)=O)c2)cc1OCC. The Kier molecular flexibility index (Phi) is 8.53. The van der Waals surface area contributed by atoms with Crippen molar-refractivity contribution in [2.24, 2.45) is 0 Å². The molecule has 0 fully saturated rings. The number of hydrogen-bond donors (Lipinski definition) is 1. The van der Waals surface area contributed by atoms with Crippen LogP contribution in [0.25, 0.3) is 0 Å². The summed E-state index contributed by atoms with van der Waals surface area (Å²) in [5.41, 5.74) is 2.23. The maximum atomic E-state index is 12.3. The number of amides is 1. The van der Waals surface area contributed by atoms with Crippen LogP contribution in [0.3, 0.4) is 0 Å². The molecule has 2 aromatic rings. The molecule has 0 unspecified atom stereocenters. The van der Waals surface area contributed by atoms with Crippen LogP contribution >= 0.6 is 0 Å². The van der Waals surface area contributed by atoms with Crippen molar-refractivity contribution >= 4 is 17.4 Å². The minimum atomic E-state index is -0.0954. The zero-order chi connectivity index (χ0) is 20.4. The van der Waals surface area contributed by atoms with Crippen molar-refractivity contribution in [3.63, 3.8) is 0 Å². The number of nitrogens with one attached hydrogen (secondary N) is 1. The van der Waals surface area contributed by atoms with Crippen LogP contribution in [-0.2, 0) is 11.2 Å². The number of Topliss-reactive ketones (excluding diaryl/α,β-unsaturated/α-hetero) is 1. The molecule has 1 amide bonds. The van der Waals surface area contributed by atoms with E-state index in [2.05, 4.69) is 12.2 Å². The van der Waals surface area contributed by atoms with Gasteiger partial charge in [0.15, 0.2) is 17.3 Å². The first kappa shape index (κ1) is 21.5. The molecule has 0 heterocycles. The molecular formula is C23H29NO4. The van der Waals surface area contributed by atoms with Crippen LogP contribution in [0.4, 0.5) is 5.69 Å². The van der Waals surface area contributed by atoms with Crippen LogP contribution in [0.2, 0.25) is 0 Å². The van der Waals surface area contributed by atoms with E-state index in [1.54, 1.807) is 24.3 Å². The van der Waals surface area contributed by atoms with Gasteiger partial charge in [0.2, 0.25) is 5.91 Å². The Morgan fingerprint density at radius 1 is 1.00 bits per heavy atom. The Bertz CT molecular complexity index is 801. The van der Waals surface area contributed by atoms with Gasteiger partial charge in [0, 0.05) is 17.7 Å². The van der Waals surface area contributed by atoms with Gasteiger partial charge < -0.3 is 14.8 Å². The van der Waals surface area contributed by atoms with E-state index in [0.29, 0.717) is 43.1 Å². The Hall–Kier alpha value is -2.82. The predicted molar refractivity (Wildman–Crippen MR) is 111 cm³/mol. The molecule has 0 saturated carbocycles. The molecule has 0 aliphatic heterocycles. The van der Waals surface area contributed by atoms with E-state index in [-0.39, 0.29) is 11.7 Å². The van der Waals surface area contributed by atoms with Gasteiger partial charge in [-0.3, -0.25) is 9.59 Å². The third kappa shape index (κ3) is 6.72. The van der Waals surface area contributed by atoms with Gasteiger partial charge in [0.05, 0.1) is 13.2 Å². The molecule has 1 N–H and O–H groups in total. The first-order chi connectivity index (χ1) is 13.5. The summed E-state index contributed by atoms with van der Waals surface area (Å²) < 4.78 is 11.5. The van der Waals surface area contributed by atoms with E-state index in [4.69, 9.17) is 9.47 Å². The lowest BCUT2D eigenvalue weighted by Gasteiger charge is -2.13. The third-order valence-electron chi connectivity index (χ3n) is 4.26. The Labute approximate surface area is 167 Å². The van der Waals surface area contributed by atoms with Crippen molar-refractivity contribution in [1.29, 1.82) is 0 Å². The molecule has 5 nitrogen and oxygen atoms in total. The number of ether oxygens (including phenoxy) is 2. The van der Waals surface area contributed by atoms with Crippen molar-refractivity contribution in [2.45, 2.75) is 46.5 Å². The zero-order valence-corrected chi connectivity index (χ0v) is 16.9. The van der Waals surface area contributed by atoms with E-state index in [1.807, 2.05) is 25.1 Å². The Morgan fingerprint density at radius 3 is 2.54 bits per heavy atom. The van der Waals surface area contributed by atoms with Crippen LogP contribution in [0, 0.1) is 0 Å². The molecule has 0 aliphatic carbocycles. The Balaban J connectivity index is 1.95. The Morgan fingerprint density at radius 2 is 1.82 bits per heavy atom. The minimum absolute atomic E-state index is 0.0270. The van der Waals surface area contributed by atoms with Gasteiger partial charge in [-0.1, -0.05) is 31.5 Å². The highest BCUT2D eigenvalue weighted by molar-refractivity contribution is 5.97. The number of unbranched alkanes of at least 4 members (excludes halogenated alkanes) is 1. The van der Waals surface area contributed by atoms with Gasteiger partial charge >= 0.3 is 0 Å². The smallest absolute Gasteiger partial charge is 0.224 e. The summed E-state index contributed by atoms with van der Waals surface area (Å²) in [5, 5.41) is 2.85. The molecule has 0 saturated heterocycles. The molecule has 28 heavy (non-hydrogen) atoms. The number of carbonyl (C=O) groups excluding carboxylic acids is 2. The largest absolute Gasteiger partial charge is 0.490 e. The molecule has 0 atom stereocenters. The van der Waals surface area contributed by atoms with Gasteiger partial charge in [-0.15, -0.1) is 0 Å². The molecular weight excluding hydrogens is 354 g/mol. The molecule has 0 aliphatic rings. The highest BCUT2D eigenvalue weighted by Crippen LogP contribution is 2.29. The first-order valence-corrected chi connectivity index (χ1v) is 9.82. The van der Waals surface area contributed by atoms with E-state index in [1.165, 1.54) is 6.92 Å². The fourth-order valence-corrected chi connectivity index (χ4v) is 2.72. The summed E-state index contributed by atoms with van der Waals surface area (Å²) in [6.45, 7) is 6.78. The molecule has 0 bridgehead atoms. The second kappa shape index (κ2) is 11.1. The van der Waals surface area contributed by atoms with Gasteiger partial charge in [0.1, 0.15) is 0 Å². The quantitative estimate of drug-likeness (QED) is 0.436. The van der Waals surface area contributed by atoms with E-state index in [0.717, 1.165) is 24.2 Å². The number of ketones is 1. The lowest BCUT2D eigenvalue weighted by atomic mass is 10.1. The molecule has 150 valence electrons. The monoisotopic (exact) mass is 383 g/mol. The molecule has 5 heteroatoms. The minimum Gasteiger partial charge on any atom is -0.490 e. The summed E-state index contributed by atoms with van der Waals surface area (Å²) >= 11 is 0. The van der Waals surface area contributed by atoms with Crippen molar-refractivity contribution in [1.82, 2.24) is 0 Å². The topological polar surface area (TPSA) is 64.6 Å². The van der Waals surface area contributed by atoms with Gasteiger partial charge in [-0.05, 0) is 56.5 Å². The standard InChI is InChI=1S/C23H29NO4/c1-4-6-14-28-21-12-10-18(15-22(21)27-5-2)11-13-23(26)24-20-9-7-8-19(16-20)17(3)25/h7-10,12,15-16H,4-6,11,13-14H2,1-3H3,(H,24,26). The second-order valence-corrected chi connectivity index (χ2v) is 6.60. The van der Waals surface area contributed by atoms with Gasteiger partial charge in [0.25, 0.3) is 0 Å². The number of benzene rings is 2. The fraction of sp³-hybridized carbons (Fsp3) is 0.391. The summed E-state index contributed by atoms with van der Waals surface area (Å²) in [5.74, 6) is 1.33. The highest BCUT2D eigenvalue weighted by Gasteiger charge is 2.09. The molecule has 0 aromatic heterocycles. The van der Waals surface area contributed by atoms with E-state index >= 15 is 0 Å². The van der Waals surface area contributed by atoms with E-state index in [9.17, 15) is 9.59 Å². The van der Waals surface area contributed by atoms with Gasteiger partial charge in [-0.2, -0.15) is 0 Å². The summed E-state index contributed by atoms with van der Waals surface area (Å²) in [6, 6.07) is 12.8. The number of hydrogen-bond acceptors (Lipinski definition) is 4. The second-order valence-electron chi connectivity index (χ2n) is 6.60. The molecule has 0 spiro atoms. The van der Waals surface area contributed by atoms with Crippen molar-refractivity contribution in [2.75, 3.05) is 18.5 Å². The number of rotatable bonds is 11. The van der Waals surface area contributed by atoms with Crippen LogP contribution in [0.5, 0.6) is 11.5 Å². The first-order valence-electron chi connectivity index (χ1n) is 9.82. The number of aryl methyl sites for hydroxylation is 1. The fourth-order valence-electron chi connectivity index (χ4n) is 2.72. The summed E-state index contributed by atoms with van der Waals surface area (Å²) in [7, 11) is 0.